The normalized spacial score (nSPS) is 19.5. The van der Waals surface area contributed by atoms with E-state index in [1.165, 1.54) is 16.8 Å². The number of urea groups is 1. The van der Waals surface area contributed by atoms with Crippen LogP contribution < -0.4 is 4.90 Å². The van der Waals surface area contributed by atoms with E-state index in [1.807, 2.05) is 25.1 Å². The van der Waals surface area contributed by atoms with Crippen LogP contribution in [0.25, 0.3) is 0 Å². The second-order valence-electron chi connectivity index (χ2n) is 4.31. The number of rotatable bonds is 2. The summed E-state index contributed by atoms with van der Waals surface area (Å²) >= 11 is 3.40. The monoisotopic (exact) mass is 312 g/mol. The largest absolute Gasteiger partial charge is 0.480 e. The molecule has 5 nitrogen and oxygen atoms in total. The van der Waals surface area contributed by atoms with E-state index in [-0.39, 0.29) is 12.6 Å². The number of carbonyl (C=O) groups excluding carboxylic acids is 1. The summed E-state index contributed by atoms with van der Waals surface area (Å²) in [4.78, 5) is 25.8. The second kappa shape index (κ2) is 4.61. The second-order valence-corrected chi connectivity index (χ2v) is 5.17. The van der Waals surface area contributed by atoms with Crippen molar-refractivity contribution < 1.29 is 14.7 Å². The number of aryl methyl sites for hydroxylation is 1. The molecule has 1 aliphatic rings. The van der Waals surface area contributed by atoms with Gasteiger partial charge in [-0.1, -0.05) is 6.07 Å². The van der Waals surface area contributed by atoms with Gasteiger partial charge in [0.1, 0.15) is 6.04 Å². The van der Waals surface area contributed by atoms with Crippen LogP contribution in [-0.2, 0) is 4.79 Å². The van der Waals surface area contributed by atoms with Gasteiger partial charge in [0.05, 0.1) is 12.2 Å². The highest BCUT2D eigenvalue weighted by atomic mass is 79.9. The van der Waals surface area contributed by atoms with Crippen molar-refractivity contribution in [2.75, 3.05) is 18.5 Å². The van der Waals surface area contributed by atoms with Crippen molar-refractivity contribution in [1.82, 2.24) is 4.90 Å². The number of likely N-dealkylation sites (N-methyl/N-ethyl adjacent to an activating group) is 1. The Labute approximate surface area is 113 Å². The highest BCUT2D eigenvalue weighted by Gasteiger charge is 2.40. The first-order chi connectivity index (χ1) is 8.41. The lowest BCUT2D eigenvalue weighted by Gasteiger charge is -2.17. The number of anilines is 1. The van der Waals surface area contributed by atoms with Crippen molar-refractivity contribution in [2.24, 2.45) is 0 Å². The molecule has 1 aromatic carbocycles. The molecule has 0 spiro atoms. The number of halogens is 1. The van der Waals surface area contributed by atoms with E-state index in [0.29, 0.717) is 5.69 Å². The Morgan fingerprint density at radius 2 is 2.17 bits per heavy atom. The molecule has 1 heterocycles. The van der Waals surface area contributed by atoms with E-state index in [2.05, 4.69) is 15.9 Å². The van der Waals surface area contributed by atoms with E-state index in [1.54, 1.807) is 0 Å². The minimum Gasteiger partial charge on any atom is -0.480 e. The SMILES string of the molecule is Cc1ccc(N2CC(C(=O)O)N(C)C2=O)c(Br)c1. The minimum atomic E-state index is -0.989. The van der Waals surface area contributed by atoms with Crippen LogP contribution in [0.2, 0.25) is 0 Å². The number of nitrogens with zero attached hydrogens (tertiary/aromatic N) is 2. The Hall–Kier alpha value is -1.56. The average molecular weight is 313 g/mol. The molecule has 1 unspecified atom stereocenters. The number of hydrogen-bond donors (Lipinski definition) is 1. The molecule has 6 heteroatoms. The summed E-state index contributed by atoms with van der Waals surface area (Å²) in [7, 11) is 1.50. The van der Waals surface area contributed by atoms with Crippen LogP contribution in [0.4, 0.5) is 10.5 Å². The summed E-state index contributed by atoms with van der Waals surface area (Å²) in [6, 6.07) is 4.51. The summed E-state index contributed by atoms with van der Waals surface area (Å²) < 4.78 is 0.787. The van der Waals surface area contributed by atoms with Crippen molar-refractivity contribution >= 4 is 33.6 Å². The molecule has 0 saturated carbocycles. The summed E-state index contributed by atoms with van der Waals surface area (Å²) in [6.45, 7) is 2.11. The first-order valence-corrected chi connectivity index (χ1v) is 6.24. The molecule has 0 aromatic heterocycles. The molecule has 1 saturated heterocycles. The number of amides is 2. The molecule has 1 aromatic rings. The lowest BCUT2D eigenvalue weighted by molar-refractivity contribution is -0.140. The van der Waals surface area contributed by atoms with E-state index in [4.69, 9.17) is 5.11 Å². The molecule has 1 N–H and O–H groups in total. The lowest BCUT2D eigenvalue weighted by Crippen LogP contribution is -2.36. The summed E-state index contributed by atoms with van der Waals surface area (Å²) in [6.07, 6.45) is 0. The zero-order valence-corrected chi connectivity index (χ0v) is 11.6. The molecular weight excluding hydrogens is 300 g/mol. The molecule has 96 valence electrons. The fourth-order valence-electron chi connectivity index (χ4n) is 1.97. The molecule has 0 bridgehead atoms. The predicted molar refractivity (Wildman–Crippen MR) is 70.8 cm³/mol. The van der Waals surface area contributed by atoms with E-state index >= 15 is 0 Å². The van der Waals surface area contributed by atoms with Gasteiger partial charge in [-0.15, -0.1) is 0 Å². The molecule has 1 aliphatic heterocycles. The Balaban J connectivity index is 2.35. The molecule has 18 heavy (non-hydrogen) atoms. The fourth-order valence-corrected chi connectivity index (χ4v) is 2.68. The number of hydrogen-bond acceptors (Lipinski definition) is 2. The van der Waals surface area contributed by atoms with Gasteiger partial charge in [-0.2, -0.15) is 0 Å². The first-order valence-electron chi connectivity index (χ1n) is 5.45. The van der Waals surface area contributed by atoms with Gasteiger partial charge in [-0.3, -0.25) is 4.90 Å². The van der Waals surface area contributed by atoms with Crippen LogP contribution >= 0.6 is 15.9 Å². The maximum absolute atomic E-state index is 12.0. The third-order valence-electron chi connectivity index (χ3n) is 3.03. The minimum absolute atomic E-state index is 0.159. The lowest BCUT2D eigenvalue weighted by atomic mass is 10.2. The topological polar surface area (TPSA) is 60.9 Å². The van der Waals surface area contributed by atoms with Gasteiger partial charge in [0.2, 0.25) is 0 Å². The number of benzene rings is 1. The van der Waals surface area contributed by atoms with Crippen molar-refractivity contribution in [1.29, 1.82) is 0 Å². The highest BCUT2D eigenvalue weighted by molar-refractivity contribution is 9.10. The molecule has 1 fully saturated rings. The molecular formula is C12H13BrN2O3. The van der Waals surface area contributed by atoms with Crippen LogP contribution in [0.15, 0.2) is 22.7 Å². The summed E-state index contributed by atoms with van der Waals surface area (Å²) in [5.41, 5.74) is 1.77. The number of carbonyl (C=O) groups is 2. The van der Waals surface area contributed by atoms with Gasteiger partial charge >= 0.3 is 12.0 Å². The average Bonchev–Trinajstić information content (AvgIpc) is 2.57. The number of carboxylic acid groups (broad SMARTS) is 1. The third-order valence-corrected chi connectivity index (χ3v) is 3.67. The van der Waals surface area contributed by atoms with Crippen molar-refractivity contribution in [3.8, 4) is 0 Å². The standard InChI is InChI=1S/C12H13BrN2O3/c1-7-3-4-9(8(13)5-7)15-6-10(11(16)17)14(2)12(15)18/h3-5,10H,6H2,1-2H3,(H,16,17). The van der Waals surface area contributed by atoms with Crippen LogP contribution in [0, 0.1) is 6.92 Å². The fraction of sp³-hybridized carbons (Fsp3) is 0.333. The van der Waals surface area contributed by atoms with Crippen LogP contribution in [0.5, 0.6) is 0 Å². The zero-order valence-electron chi connectivity index (χ0n) is 10.1. The van der Waals surface area contributed by atoms with Gasteiger partial charge in [-0.05, 0) is 40.5 Å². The number of aliphatic carboxylic acids is 1. The van der Waals surface area contributed by atoms with E-state index in [0.717, 1.165) is 10.0 Å². The van der Waals surface area contributed by atoms with Crippen LogP contribution in [0.3, 0.4) is 0 Å². The maximum Gasteiger partial charge on any atom is 0.328 e. The van der Waals surface area contributed by atoms with Crippen molar-refractivity contribution in [2.45, 2.75) is 13.0 Å². The maximum atomic E-state index is 12.0. The van der Waals surface area contributed by atoms with E-state index < -0.39 is 12.0 Å². The Kier molecular flexibility index (Phi) is 3.30. The van der Waals surface area contributed by atoms with E-state index in [9.17, 15) is 9.59 Å². The first kappa shape index (κ1) is 12.9. The van der Waals surface area contributed by atoms with Gasteiger partial charge in [-0.25, -0.2) is 9.59 Å². The van der Waals surface area contributed by atoms with Gasteiger partial charge in [0, 0.05) is 11.5 Å². The summed E-state index contributed by atoms with van der Waals surface area (Å²) in [5, 5.41) is 9.05. The Morgan fingerprint density at radius 1 is 1.50 bits per heavy atom. The molecule has 0 radical (unpaired) electrons. The zero-order chi connectivity index (χ0) is 13.4. The van der Waals surface area contributed by atoms with Crippen LogP contribution in [-0.4, -0.2) is 41.6 Å². The molecule has 2 rings (SSSR count). The molecule has 0 aliphatic carbocycles. The van der Waals surface area contributed by atoms with Crippen molar-refractivity contribution in [3.05, 3.63) is 28.2 Å². The smallest absolute Gasteiger partial charge is 0.328 e. The molecule has 1 atom stereocenters. The number of carboxylic acids is 1. The Morgan fingerprint density at radius 3 is 2.67 bits per heavy atom. The molecule has 2 amide bonds. The highest BCUT2D eigenvalue weighted by Crippen LogP contribution is 2.31. The predicted octanol–water partition coefficient (Wildman–Crippen LogP) is 2.08. The quantitative estimate of drug-likeness (QED) is 0.909. The van der Waals surface area contributed by atoms with Gasteiger partial charge in [0.15, 0.2) is 0 Å². The van der Waals surface area contributed by atoms with Gasteiger partial charge < -0.3 is 10.0 Å². The van der Waals surface area contributed by atoms with Crippen LogP contribution in [0.1, 0.15) is 5.56 Å². The van der Waals surface area contributed by atoms with Gasteiger partial charge in [0.25, 0.3) is 0 Å². The summed E-state index contributed by atoms with van der Waals surface area (Å²) in [5.74, 6) is -0.989. The third kappa shape index (κ3) is 2.08. The Bertz CT molecular complexity index is 518. The van der Waals surface area contributed by atoms with Crippen molar-refractivity contribution in [3.63, 3.8) is 0 Å².